The molecule has 3 aromatic rings. The van der Waals surface area contributed by atoms with Gasteiger partial charge in [0.25, 0.3) is 15.9 Å². The number of hydrogen-bond acceptors (Lipinski definition) is 5. The van der Waals surface area contributed by atoms with E-state index in [1.54, 1.807) is 48.6 Å². The zero-order chi connectivity index (χ0) is 21.9. The molecular formula is C22H24N2O4S2. The Labute approximate surface area is 181 Å². The van der Waals surface area contributed by atoms with Crippen molar-refractivity contribution in [2.24, 2.45) is 0 Å². The summed E-state index contributed by atoms with van der Waals surface area (Å²) in [6, 6.07) is 13.5. The summed E-state index contributed by atoms with van der Waals surface area (Å²) in [5.41, 5.74) is 2.57. The zero-order valence-electron chi connectivity index (χ0n) is 17.3. The van der Waals surface area contributed by atoms with E-state index in [4.69, 9.17) is 4.74 Å². The van der Waals surface area contributed by atoms with Crippen molar-refractivity contribution in [1.29, 1.82) is 0 Å². The number of rotatable bonds is 7. The van der Waals surface area contributed by atoms with Crippen LogP contribution in [-0.4, -0.2) is 28.5 Å². The van der Waals surface area contributed by atoms with Crippen LogP contribution in [-0.2, 0) is 16.6 Å². The minimum Gasteiger partial charge on any atom is -0.495 e. The van der Waals surface area contributed by atoms with E-state index in [0.29, 0.717) is 29.1 Å². The number of methoxy groups -OCH3 is 1. The van der Waals surface area contributed by atoms with Gasteiger partial charge in [0.15, 0.2) is 0 Å². The minimum absolute atomic E-state index is 0.0407. The second-order valence-corrected chi connectivity index (χ2v) is 9.80. The third-order valence-corrected chi connectivity index (χ3v) is 7.70. The molecule has 1 amide bonds. The molecule has 1 N–H and O–H groups in total. The molecule has 30 heavy (non-hydrogen) atoms. The van der Waals surface area contributed by atoms with Crippen LogP contribution in [0.5, 0.6) is 5.75 Å². The number of aryl methyl sites for hydroxylation is 2. The average molecular weight is 445 g/mol. The van der Waals surface area contributed by atoms with Crippen LogP contribution in [0.1, 0.15) is 26.4 Å². The topological polar surface area (TPSA) is 75.7 Å². The monoisotopic (exact) mass is 444 g/mol. The lowest BCUT2D eigenvalue weighted by molar-refractivity contribution is 0.0950. The Balaban J connectivity index is 1.89. The molecule has 2 aromatic carbocycles. The molecule has 0 radical (unpaired) electrons. The zero-order valence-corrected chi connectivity index (χ0v) is 18.9. The largest absolute Gasteiger partial charge is 0.495 e. The smallest absolute Gasteiger partial charge is 0.264 e. The van der Waals surface area contributed by atoms with Crippen molar-refractivity contribution in [3.63, 3.8) is 0 Å². The molecule has 0 fully saturated rings. The number of thiophene rings is 1. The average Bonchev–Trinajstić information content (AvgIpc) is 3.16. The maximum absolute atomic E-state index is 13.2. The van der Waals surface area contributed by atoms with Gasteiger partial charge in [-0.1, -0.05) is 18.2 Å². The number of sulfonamides is 1. The summed E-state index contributed by atoms with van der Waals surface area (Å²) in [6.45, 7) is 4.18. The lowest BCUT2D eigenvalue weighted by Crippen LogP contribution is -2.28. The number of hydrogen-bond donors (Lipinski definition) is 1. The van der Waals surface area contributed by atoms with Crippen LogP contribution in [0.15, 0.2) is 58.8 Å². The van der Waals surface area contributed by atoms with Gasteiger partial charge in [0.2, 0.25) is 0 Å². The molecule has 1 heterocycles. The van der Waals surface area contributed by atoms with Gasteiger partial charge >= 0.3 is 0 Å². The summed E-state index contributed by atoms with van der Waals surface area (Å²) < 4.78 is 32.9. The van der Waals surface area contributed by atoms with Crippen molar-refractivity contribution >= 4 is 33.0 Å². The van der Waals surface area contributed by atoms with Gasteiger partial charge in [-0.05, 0) is 60.7 Å². The summed E-state index contributed by atoms with van der Waals surface area (Å²) in [7, 11) is -0.933. The SMILES string of the molecule is COc1ccccc1N(C)S(=O)(=O)c1ccc(C)c(C(=O)NCc2sccc2C)c1. The molecule has 8 heteroatoms. The second kappa shape index (κ2) is 8.89. The maximum Gasteiger partial charge on any atom is 0.264 e. The van der Waals surface area contributed by atoms with Crippen LogP contribution in [0, 0.1) is 13.8 Å². The number of nitrogens with one attached hydrogen (secondary N) is 1. The normalized spacial score (nSPS) is 11.2. The van der Waals surface area contributed by atoms with E-state index in [2.05, 4.69) is 5.32 Å². The Bertz CT molecular complexity index is 1170. The molecule has 0 atom stereocenters. The van der Waals surface area contributed by atoms with Crippen LogP contribution in [0.4, 0.5) is 5.69 Å². The molecule has 0 bridgehead atoms. The van der Waals surface area contributed by atoms with E-state index in [9.17, 15) is 13.2 Å². The second-order valence-electron chi connectivity index (χ2n) is 6.83. The number of carbonyl (C=O) groups is 1. The van der Waals surface area contributed by atoms with Gasteiger partial charge in [-0.15, -0.1) is 11.3 Å². The molecule has 0 unspecified atom stereocenters. The summed E-state index contributed by atoms with van der Waals surface area (Å²) in [6.07, 6.45) is 0. The first-order valence-corrected chi connectivity index (χ1v) is 11.6. The highest BCUT2D eigenvalue weighted by Crippen LogP contribution is 2.31. The summed E-state index contributed by atoms with van der Waals surface area (Å²) in [4.78, 5) is 13.9. The van der Waals surface area contributed by atoms with Gasteiger partial charge in [0.1, 0.15) is 5.75 Å². The van der Waals surface area contributed by atoms with E-state index in [1.165, 1.54) is 26.3 Å². The number of ether oxygens (including phenoxy) is 1. The fourth-order valence-electron chi connectivity index (χ4n) is 3.02. The third-order valence-electron chi connectivity index (χ3n) is 4.91. The molecule has 0 aliphatic carbocycles. The molecule has 158 valence electrons. The van der Waals surface area contributed by atoms with Crippen molar-refractivity contribution in [3.05, 3.63) is 75.5 Å². The lowest BCUT2D eigenvalue weighted by atomic mass is 10.1. The molecule has 0 aliphatic rings. The van der Waals surface area contributed by atoms with Crippen molar-refractivity contribution in [3.8, 4) is 5.75 Å². The number of carbonyl (C=O) groups excluding carboxylic acids is 1. The number of anilines is 1. The van der Waals surface area contributed by atoms with Crippen LogP contribution < -0.4 is 14.4 Å². The van der Waals surface area contributed by atoms with E-state index in [1.807, 2.05) is 18.4 Å². The van der Waals surface area contributed by atoms with Gasteiger partial charge in [0, 0.05) is 17.5 Å². The quantitative estimate of drug-likeness (QED) is 0.595. The van der Waals surface area contributed by atoms with Crippen molar-refractivity contribution < 1.29 is 17.9 Å². The number of benzene rings is 2. The van der Waals surface area contributed by atoms with Gasteiger partial charge in [-0.25, -0.2) is 8.42 Å². The summed E-state index contributed by atoms with van der Waals surface area (Å²) >= 11 is 1.57. The minimum atomic E-state index is -3.89. The standard InChI is InChI=1S/C22H24N2O4S2/c1-15-9-10-17(13-18(15)22(25)23-14-21-16(2)11-12-29-21)30(26,27)24(3)19-7-5-6-8-20(19)28-4/h5-13H,14H2,1-4H3,(H,23,25). The Hall–Kier alpha value is -2.84. The number of nitrogens with zero attached hydrogens (tertiary/aromatic N) is 1. The number of amides is 1. The maximum atomic E-state index is 13.2. The van der Waals surface area contributed by atoms with Crippen molar-refractivity contribution in [2.45, 2.75) is 25.3 Å². The molecule has 0 spiro atoms. The first-order chi connectivity index (χ1) is 14.3. The van der Waals surface area contributed by atoms with Crippen LogP contribution in [0.25, 0.3) is 0 Å². The van der Waals surface area contributed by atoms with E-state index >= 15 is 0 Å². The first kappa shape index (κ1) is 21.9. The van der Waals surface area contributed by atoms with Gasteiger partial charge in [0.05, 0.1) is 24.2 Å². The molecule has 0 saturated carbocycles. The van der Waals surface area contributed by atoms with E-state index in [-0.39, 0.29) is 10.8 Å². The highest BCUT2D eigenvalue weighted by atomic mass is 32.2. The van der Waals surface area contributed by atoms with Gasteiger partial charge < -0.3 is 10.1 Å². The van der Waals surface area contributed by atoms with Crippen LogP contribution in [0.3, 0.4) is 0 Å². The Kier molecular flexibility index (Phi) is 6.48. The highest BCUT2D eigenvalue weighted by molar-refractivity contribution is 7.92. The Morgan fingerprint density at radius 1 is 1.10 bits per heavy atom. The van der Waals surface area contributed by atoms with Gasteiger partial charge in [-0.2, -0.15) is 0 Å². The molecular weight excluding hydrogens is 420 g/mol. The predicted octanol–water partition coefficient (Wildman–Crippen LogP) is 4.13. The van der Waals surface area contributed by atoms with Gasteiger partial charge in [-0.3, -0.25) is 9.10 Å². The van der Waals surface area contributed by atoms with Crippen LogP contribution >= 0.6 is 11.3 Å². The third kappa shape index (κ3) is 4.34. The summed E-state index contributed by atoms with van der Waals surface area (Å²) in [5.74, 6) is 0.136. The van der Waals surface area contributed by atoms with Crippen LogP contribution in [0.2, 0.25) is 0 Å². The van der Waals surface area contributed by atoms with Crippen molar-refractivity contribution in [1.82, 2.24) is 5.32 Å². The first-order valence-electron chi connectivity index (χ1n) is 9.29. The Morgan fingerprint density at radius 2 is 1.83 bits per heavy atom. The molecule has 3 rings (SSSR count). The summed E-state index contributed by atoms with van der Waals surface area (Å²) in [5, 5.41) is 4.86. The fraction of sp³-hybridized carbons (Fsp3) is 0.227. The van der Waals surface area contributed by atoms with Crippen molar-refractivity contribution in [2.75, 3.05) is 18.5 Å². The highest BCUT2D eigenvalue weighted by Gasteiger charge is 2.25. The lowest BCUT2D eigenvalue weighted by Gasteiger charge is -2.22. The number of para-hydroxylation sites is 2. The fourth-order valence-corrected chi connectivity index (χ4v) is 5.10. The Morgan fingerprint density at radius 3 is 2.50 bits per heavy atom. The molecule has 0 aliphatic heterocycles. The predicted molar refractivity (Wildman–Crippen MR) is 120 cm³/mol. The molecule has 6 nitrogen and oxygen atoms in total. The molecule has 1 aromatic heterocycles. The van der Waals surface area contributed by atoms with E-state index < -0.39 is 10.0 Å². The van der Waals surface area contributed by atoms with E-state index in [0.717, 1.165) is 14.7 Å². The molecule has 0 saturated heterocycles.